The first-order chi connectivity index (χ1) is 9.49. The van der Waals surface area contributed by atoms with E-state index in [1.807, 2.05) is 0 Å². The van der Waals surface area contributed by atoms with E-state index in [0.29, 0.717) is 5.56 Å². The first-order valence-corrected chi connectivity index (χ1v) is 6.00. The van der Waals surface area contributed by atoms with Crippen molar-refractivity contribution < 1.29 is 24.2 Å². The number of hydrogen-bond acceptors (Lipinski definition) is 6. The van der Waals surface area contributed by atoms with Crippen LogP contribution in [0.2, 0.25) is 0 Å². The number of alkyl carbamates (subject to hydrolysis) is 1. The lowest BCUT2D eigenvalue weighted by molar-refractivity contribution is -0.131. The van der Waals surface area contributed by atoms with Gasteiger partial charge in [0, 0.05) is 18.0 Å². The normalized spacial score (nSPS) is 21.6. The number of Topliss-reactive ketones (excluding diaryl/α,β-unsaturated/α-hetero) is 1. The molecule has 2 N–H and O–H groups in total. The largest absolute Gasteiger partial charge is 0.501 e. The number of amides is 1. The maximum Gasteiger partial charge on any atom is 0.414 e. The number of pyridine rings is 1. The fraction of sp³-hybridized carbons (Fsp3) is 0.308. The molecule has 1 unspecified atom stereocenters. The van der Waals surface area contributed by atoms with Crippen LogP contribution < -0.4 is 5.32 Å². The lowest BCUT2D eigenvalue weighted by atomic mass is 9.92. The minimum Gasteiger partial charge on any atom is -0.501 e. The summed E-state index contributed by atoms with van der Waals surface area (Å²) >= 11 is 0. The third-order valence-electron chi connectivity index (χ3n) is 2.89. The molecule has 0 bridgehead atoms. The average molecular weight is 278 g/mol. The lowest BCUT2D eigenvalue weighted by Crippen LogP contribution is -2.32. The van der Waals surface area contributed by atoms with Crippen LogP contribution in [0.3, 0.4) is 0 Å². The third-order valence-corrected chi connectivity index (χ3v) is 2.89. The van der Waals surface area contributed by atoms with Crippen molar-refractivity contribution in [1.29, 1.82) is 0 Å². The highest BCUT2D eigenvalue weighted by molar-refractivity contribution is 6.03. The number of nitrogens with one attached hydrogen (secondary N) is 1. The van der Waals surface area contributed by atoms with Crippen molar-refractivity contribution in [3.05, 3.63) is 41.7 Å². The highest BCUT2D eigenvalue weighted by Gasteiger charge is 2.48. The summed E-state index contributed by atoms with van der Waals surface area (Å²) in [6.07, 6.45) is 2.21. The number of aliphatic hydroxyl groups is 1. The molecule has 0 radical (unpaired) electrons. The molecule has 7 heteroatoms. The number of hydrogen-bond donors (Lipinski definition) is 2. The Hall–Kier alpha value is -2.57. The Labute approximate surface area is 115 Å². The first kappa shape index (κ1) is 13.9. The molecule has 1 amide bonds. The molecule has 0 saturated carbocycles. The summed E-state index contributed by atoms with van der Waals surface area (Å²) in [4.78, 5) is 27.3. The molecule has 0 aromatic carbocycles. The molecule has 0 saturated heterocycles. The van der Waals surface area contributed by atoms with E-state index in [1.165, 1.54) is 19.3 Å². The predicted molar refractivity (Wildman–Crippen MR) is 67.5 cm³/mol. The predicted octanol–water partition coefficient (Wildman–Crippen LogP) is 1.37. The highest BCUT2D eigenvalue weighted by Crippen LogP contribution is 2.36. The summed E-state index contributed by atoms with van der Waals surface area (Å²) < 4.78 is 10.1. The molecule has 1 aliphatic heterocycles. The molecule has 1 aromatic rings. The molecule has 2 rings (SSSR count). The molecule has 1 aromatic heterocycles. The van der Waals surface area contributed by atoms with Crippen molar-refractivity contribution in [1.82, 2.24) is 10.3 Å². The zero-order valence-corrected chi connectivity index (χ0v) is 11.0. The molecule has 0 aliphatic carbocycles. The monoisotopic (exact) mass is 278 g/mol. The van der Waals surface area contributed by atoms with E-state index in [1.54, 1.807) is 19.1 Å². The van der Waals surface area contributed by atoms with Gasteiger partial charge in [0.2, 0.25) is 11.6 Å². The van der Waals surface area contributed by atoms with Crippen LogP contribution in [0.1, 0.15) is 19.4 Å². The van der Waals surface area contributed by atoms with E-state index in [4.69, 9.17) is 4.74 Å². The van der Waals surface area contributed by atoms with E-state index in [0.717, 1.165) is 0 Å². The number of carbonyl (C=O) groups is 2. The smallest absolute Gasteiger partial charge is 0.414 e. The van der Waals surface area contributed by atoms with Crippen molar-refractivity contribution in [2.75, 3.05) is 6.61 Å². The van der Waals surface area contributed by atoms with Crippen molar-refractivity contribution in [2.24, 2.45) is 0 Å². The third kappa shape index (κ3) is 2.29. The van der Waals surface area contributed by atoms with Gasteiger partial charge in [-0.1, -0.05) is 0 Å². The second-order valence-corrected chi connectivity index (χ2v) is 4.22. The summed E-state index contributed by atoms with van der Waals surface area (Å²) in [6, 6.07) is 3.19. The van der Waals surface area contributed by atoms with Crippen LogP contribution in [0.15, 0.2) is 36.2 Å². The summed E-state index contributed by atoms with van der Waals surface area (Å²) in [5.41, 5.74) is -0.883. The van der Waals surface area contributed by atoms with Crippen molar-refractivity contribution in [3.63, 3.8) is 0 Å². The van der Waals surface area contributed by atoms with Gasteiger partial charge in [0.25, 0.3) is 5.78 Å². The van der Waals surface area contributed by atoms with E-state index in [9.17, 15) is 14.7 Å². The van der Waals surface area contributed by atoms with E-state index >= 15 is 0 Å². The van der Waals surface area contributed by atoms with Gasteiger partial charge in [0.1, 0.15) is 0 Å². The molecule has 1 atom stereocenters. The van der Waals surface area contributed by atoms with Gasteiger partial charge in [-0.3, -0.25) is 15.1 Å². The minimum atomic E-state index is -1.40. The van der Waals surface area contributed by atoms with Crippen LogP contribution in [-0.4, -0.2) is 28.6 Å². The second-order valence-electron chi connectivity index (χ2n) is 4.22. The highest BCUT2D eigenvalue weighted by atomic mass is 16.6. The van der Waals surface area contributed by atoms with E-state index < -0.39 is 23.2 Å². The van der Waals surface area contributed by atoms with Gasteiger partial charge >= 0.3 is 6.09 Å². The van der Waals surface area contributed by atoms with Crippen LogP contribution in [0, 0.1) is 0 Å². The Balaban J connectivity index is 2.24. The van der Waals surface area contributed by atoms with Gasteiger partial charge in [-0.15, -0.1) is 0 Å². The second kappa shape index (κ2) is 5.20. The summed E-state index contributed by atoms with van der Waals surface area (Å²) in [6.45, 7) is 3.30. The van der Waals surface area contributed by atoms with Gasteiger partial charge in [-0.05, 0) is 26.0 Å². The molecule has 1 aliphatic rings. The standard InChI is InChI=1S/C13H14N2O5/c1-3-19-12(18)15-11-9(16)10(17)13(2,20-11)8-4-6-14-7-5-8/h4-7,16H,3H2,1-2H3,(H,15,18). The maximum atomic E-state index is 12.1. The molecular formula is C13H14N2O5. The van der Waals surface area contributed by atoms with Crippen LogP contribution in [-0.2, 0) is 19.9 Å². The number of aliphatic hydroxyl groups excluding tert-OH is 1. The SMILES string of the molecule is CCOC(=O)NC1=C(O)C(=O)C(C)(c2ccncc2)O1. The summed E-state index contributed by atoms with van der Waals surface area (Å²) in [5, 5.41) is 12.0. The summed E-state index contributed by atoms with van der Waals surface area (Å²) in [7, 11) is 0. The number of ketones is 1. The Morgan fingerprint density at radius 2 is 2.15 bits per heavy atom. The molecule has 0 fully saturated rings. The minimum absolute atomic E-state index is 0.162. The fourth-order valence-electron chi connectivity index (χ4n) is 1.83. The van der Waals surface area contributed by atoms with E-state index in [-0.39, 0.29) is 12.5 Å². The topological polar surface area (TPSA) is 97.8 Å². The number of carbonyl (C=O) groups excluding carboxylic acids is 2. The Morgan fingerprint density at radius 3 is 2.75 bits per heavy atom. The molecular weight excluding hydrogens is 264 g/mol. The quantitative estimate of drug-likeness (QED) is 0.866. The van der Waals surface area contributed by atoms with Crippen LogP contribution in [0.25, 0.3) is 0 Å². The zero-order valence-electron chi connectivity index (χ0n) is 11.0. The van der Waals surface area contributed by atoms with E-state index in [2.05, 4.69) is 15.0 Å². The van der Waals surface area contributed by atoms with Crippen LogP contribution in [0.4, 0.5) is 4.79 Å². The molecule has 20 heavy (non-hydrogen) atoms. The fourth-order valence-corrected chi connectivity index (χ4v) is 1.83. The first-order valence-electron chi connectivity index (χ1n) is 6.00. The number of rotatable bonds is 3. The van der Waals surface area contributed by atoms with Crippen molar-refractivity contribution in [3.8, 4) is 0 Å². The number of aromatic nitrogens is 1. The van der Waals surface area contributed by atoms with Crippen molar-refractivity contribution >= 4 is 11.9 Å². The van der Waals surface area contributed by atoms with Crippen LogP contribution in [0.5, 0.6) is 0 Å². The van der Waals surface area contributed by atoms with Gasteiger partial charge in [0.15, 0.2) is 5.60 Å². The van der Waals surface area contributed by atoms with Gasteiger partial charge in [0.05, 0.1) is 6.61 Å². The Morgan fingerprint density at radius 1 is 1.50 bits per heavy atom. The number of nitrogens with zero attached hydrogens (tertiary/aromatic N) is 1. The molecule has 0 spiro atoms. The van der Waals surface area contributed by atoms with Crippen LogP contribution >= 0.6 is 0 Å². The van der Waals surface area contributed by atoms with Gasteiger partial charge in [-0.2, -0.15) is 0 Å². The van der Waals surface area contributed by atoms with Gasteiger partial charge < -0.3 is 14.6 Å². The Bertz CT molecular complexity index is 569. The van der Waals surface area contributed by atoms with Crippen molar-refractivity contribution in [2.45, 2.75) is 19.4 Å². The zero-order chi connectivity index (χ0) is 14.8. The maximum absolute atomic E-state index is 12.1. The van der Waals surface area contributed by atoms with Gasteiger partial charge in [-0.25, -0.2) is 4.79 Å². The lowest BCUT2D eigenvalue weighted by Gasteiger charge is -2.23. The molecule has 106 valence electrons. The Kier molecular flexibility index (Phi) is 3.60. The average Bonchev–Trinajstić information content (AvgIpc) is 2.66. The molecule has 2 heterocycles. The molecule has 7 nitrogen and oxygen atoms in total. The number of ether oxygens (including phenoxy) is 2. The summed E-state index contributed by atoms with van der Waals surface area (Å²) in [5.74, 6) is -1.60.